The van der Waals surface area contributed by atoms with E-state index in [1.165, 1.54) is 0 Å². The van der Waals surface area contributed by atoms with Crippen molar-refractivity contribution in [3.63, 3.8) is 0 Å². The first kappa shape index (κ1) is 11.3. The van der Waals surface area contributed by atoms with Crippen LogP contribution in [0.15, 0.2) is 18.2 Å². The summed E-state index contributed by atoms with van der Waals surface area (Å²) in [5.41, 5.74) is 2.18. The molecule has 0 amide bonds. The second-order valence-electron chi connectivity index (χ2n) is 4.71. The number of fused-ring (bicyclic) bond motifs is 1. The maximum atomic E-state index is 9.85. The second kappa shape index (κ2) is 4.74. The molecule has 0 unspecified atom stereocenters. The zero-order valence-electron chi connectivity index (χ0n) is 9.96. The van der Waals surface area contributed by atoms with Gasteiger partial charge < -0.3 is 15.7 Å². The van der Waals surface area contributed by atoms with E-state index in [0.29, 0.717) is 17.7 Å². The smallest absolute Gasteiger partial charge is 0.121 e. The molecule has 0 aliphatic carbocycles. The molecule has 0 spiro atoms. The summed E-state index contributed by atoms with van der Waals surface area (Å²) in [6.45, 7) is 6.24. The van der Waals surface area contributed by atoms with Crippen LogP contribution in [0.2, 0.25) is 0 Å². The number of anilines is 1. The van der Waals surface area contributed by atoms with E-state index in [2.05, 4.69) is 24.5 Å². The molecule has 1 aromatic rings. The van der Waals surface area contributed by atoms with Crippen LogP contribution in [0.25, 0.3) is 0 Å². The van der Waals surface area contributed by atoms with Gasteiger partial charge >= 0.3 is 0 Å². The average Bonchev–Trinajstić information content (AvgIpc) is 2.62. The molecule has 0 radical (unpaired) electrons. The highest BCUT2D eigenvalue weighted by molar-refractivity contribution is 5.62. The number of rotatable bonds is 4. The molecule has 88 valence electrons. The summed E-state index contributed by atoms with van der Waals surface area (Å²) in [5.74, 6) is 0.861. The average molecular weight is 220 g/mol. The highest BCUT2D eigenvalue weighted by atomic mass is 16.3. The van der Waals surface area contributed by atoms with Gasteiger partial charge in [0, 0.05) is 29.8 Å². The third kappa shape index (κ3) is 2.30. The number of hydrogen-bond donors (Lipinski definition) is 3. The van der Waals surface area contributed by atoms with E-state index >= 15 is 0 Å². The summed E-state index contributed by atoms with van der Waals surface area (Å²) in [4.78, 5) is 0. The quantitative estimate of drug-likeness (QED) is 0.729. The predicted molar refractivity (Wildman–Crippen MR) is 67.1 cm³/mol. The van der Waals surface area contributed by atoms with Gasteiger partial charge in [0.25, 0.3) is 0 Å². The van der Waals surface area contributed by atoms with Crippen LogP contribution in [0.5, 0.6) is 5.75 Å². The molecular formula is C13H20N2O. The van der Waals surface area contributed by atoms with Crippen LogP contribution in [-0.4, -0.2) is 24.2 Å². The van der Waals surface area contributed by atoms with Crippen molar-refractivity contribution in [2.45, 2.75) is 32.2 Å². The molecule has 1 aliphatic rings. The minimum Gasteiger partial charge on any atom is -0.508 e. The largest absolute Gasteiger partial charge is 0.508 e. The van der Waals surface area contributed by atoms with Gasteiger partial charge in [-0.3, -0.25) is 0 Å². The van der Waals surface area contributed by atoms with Gasteiger partial charge in [-0.2, -0.15) is 0 Å². The Morgan fingerprint density at radius 3 is 3.06 bits per heavy atom. The monoisotopic (exact) mass is 220 g/mol. The Labute approximate surface area is 96.9 Å². The number of benzene rings is 1. The third-order valence-electron chi connectivity index (χ3n) is 3.08. The highest BCUT2D eigenvalue weighted by Crippen LogP contribution is 2.39. The van der Waals surface area contributed by atoms with Crippen molar-refractivity contribution in [1.82, 2.24) is 5.32 Å². The molecule has 16 heavy (non-hydrogen) atoms. The van der Waals surface area contributed by atoms with Gasteiger partial charge in [0.2, 0.25) is 0 Å². The van der Waals surface area contributed by atoms with Crippen LogP contribution in [-0.2, 0) is 0 Å². The molecule has 0 saturated carbocycles. The Hall–Kier alpha value is -1.22. The Balaban J connectivity index is 2.00. The molecule has 3 heteroatoms. The maximum Gasteiger partial charge on any atom is 0.121 e. The van der Waals surface area contributed by atoms with E-state index in [1.54, 1.807) is 6.07 Å². The van der Waals surface area contributed by atoms with Gasteiger partial charge in [0.1, 0.15) is 5.75 Å². The summed E-state index contributed by atoms with van der Waals surface area (Å²) in [5, 5.41) is 16.6. The van der Waals surface area contributed by atoms with Crippen LogP contribution in [0.3, 0.4) is 0 Å². The van der Waals surface area contributed by atoms with E-state index in [4.69, 9.17) is 0 Å². The molecule has 0 bridgehead atoms. The molecule has 1 aliphatic heterocycles. The van der Waals surface area contributed by atoms with Crippen molar-refractivity contribution >= 4 is 5.69 Å². The fourth-order valence-electron chi connectivity index (χ4n) is 2.26. The predicted octanol–water partition coefficient (Wildman–Crippen LogP) is 2.29. The maximum absolute atomic E-state index is 9.85. The van der Waals surface area contributed by atoms with E-state index in [9.17, 15) is 5.11 Å². The number of nitrogens with one attached hydrogen (secondary N) is 2. The Bertz CT molecular complexity index is 363. The zero-order valence-corrected chi connectivity index (χ0v) is 9.96. The fraction of sp³-hybridized carbons (Fsp3) is 0.538. The summed E-state index contributed by atoms with van der Waals surface area (Å²) in [7, 11) is 0. The lowest BCUT2D eigenvalue weighted by atomic mass is 9.97. The van der Waals surface area contributed by atoms with Gasteiger partial charge in [-0.25, -0.2) is 0 Å². The standard InChI is InChI=1S/C13H20N2O/c1-9(2)14-7-6-10-8-15-11-4-3-5-12(16)13(10)11/h3-5,9-10,14-16H,6-8H2,1-2H3/t10-/m0/s1. The van der Waals surface area contributed by atoms with Crippen LogP contribution in [0.4, 0.5) is 5.69 Å². The molecule has 0 fully saturated rings. The molecule has 3 N–H and O–H groups in total. The van der Waals surface area contributed by atoms with Gasteiger partial charge in [-0.1, -0.05) is 19.9 Å². The SMILES string of the molecule is CC(C)NCC[C@H]1CNc2cccc(O)c21. The molecule has 0 aromatic heterocycles. The van der Waals surface area contributed by atoms with Gasteiger partial charge in [0.05, 0.1) is 0 Å². The molecule has 1 heterocycles. The van der Waals surface area contributed by atoms with Crippen molar-refractivity contribution in [2.24, 2.45) is 0 Å². The van der Waals surface area contributed by atoms with Crippen LogP contribution in [0.1, 0.15) is 31.7 Å². The minimum atomic E-state index is 0.428. The third-order valence-corrected chi connectivity index (χ3v) is 3.08. The van der Waals surface area contributed by atoms with E-state index in [-0.39, 0.29) is 0 Å². The first-order valence-electron chi connectivity index (χ1n) is 5.97. The number of hydrogen-bond acceptors (Lipinski definition) is 3. The lowest BCUT2D eigenvalue weighted by Crippen LogP contribution is -2.25. The Kier molecular flexibility index (Phi) is 3.34. The molecular weight excluding hydrogens is 200 g/mol. The summed E-state index contributed by atoms with van der Waals surface area (Å²) in [6.07, 6.45) is 1.07. The highest BCUT2D eigenvalue weighted by Gasteiger charge is 2.24. The molecule has 0 saturated heterocycles. The first-order chi connectivity index (χ1) is 7.68. The molecule has 1 aromatic carbocycles. The number of aromatic hydroxyl groups is 1. The van der Waals surface area contributed by atoms with Crippen molar-refractivity contribution in [1.29, 1.82) is 0 Å². The Morgan fingerprint density at radius 2 is 2.31 bits per heavy atom. The number of phenolic OH excluding ortho intramolecular Hbond substituents is 1. The van der Waals surface area contributed by atoms with Crippen molar-refractivity contribution in [3.05, 3.63) is 23.8 Å². The van der Waals surface area contributed by atoms with E-state index in [1.807, 2.05) is 12.1 Å². The lowest BCUT2D eigenvalue weighted by Gasteiger charge is -2.13. The molecule has 1 atom stereocenters. The summed E-state index contributed by atoms with van der Waals surface area (Å²) in [6, 6.07) is 6.22. The second-order valence-corrected chi connectivity index (χ2v) is 4.71. The zero-order chi connectivity index (χ0) is 11.5. The van der Waals surface area contributed by atoms with Crippen molar-refractivity contribution < 1.29 is 5.11 Å². The number of phenols is 1. The first-order valence-corrected chi connectivity index (χ1v) is 5.97. The van der Waals surface area contributed by atoms with Crippen molar-refractivity contribution in [3.8, 4) is 5.75 Å². The molecule has 2 rings (SSSR count). The minimum absolute atomic E-state index is 0.428. The fourth-order valence-corrected chi connectivity index (χ4v) is 2.26. The van der Waals surface area contributed by atoms with Crippen molar-refractivity contribution in [2.75, 3.05) is 18.4 Å². The lowest BCUT2D eigenvalue weighted by molar-refractivity contribution is 0.459. The van der Waals surface area contributed by atoms with Gasteiger partial charge in [-0.15, -0.1) is 0 Å². The normalized spacial score (nSPS) is 18.6. The summed E-state index contributed by atoms with van der Waals surface area (Å²) >= 11 is 0. The summed E-state index contributed by atoms with van der Waals surface area (Å²) < 4.78 is 0. The van der Waals surface area contributed by atoms with Crippen LogP contribution >= 0.6 is 0 Å². The van der Waals surface area contributed by atoms with Gasteiger partial charge in [-0.05, 0) is 25.1 Å². The van der Waals surface area contributed by atoms with Crippen LogP contribution in [0, 0.1) is 0 Å². The topological polar surface area (TPSA) is 44.3 Å². The van der Waals surface area contributed by atoms with E-state index in [0.717, 1.165) is 30.8 Å². The van der Waals surface area contributed by atoms with E-state index < -0.39 is 0 Å². The van der Waals surface area contributed by atoms with Crippen LogP contribution < -0.4 is 10.6 Å². The molecule has 3 nitrogen and oxygen atoms in total. The van der Waals surface area contributed by atoms with Gasteiger partial charge in [0.15, 0.2) is 0 Å². The Morgan fingerprint density at radius 1 is 1.50 bits per heavy atom.